The van der Waals surface area contributed by atoms with Crippen LogP contribution in [0.25, 0.3) is 0 Å². The van der Waals surface area contributed by atoms with Gasteiger partial charge in [-0.05, 0) is 51.9 Å². The summed E-state index contributed by atoms with van der Waals surface area (Å²) in [6.07, 6.45) is 9.56. The normalized spacial score (nSPS) is 23.5. The van der Waals surface area contributed by atoms with Crippen molar-refractivity contribution >= 4 is 17.9 Å². The van der Waals surface area contributed by atoms with E-state index in [-0.39, 0.29) is 29.9 Å². The molecule has 0 aromatic heterocycles. The molecule has 1 N–H and O–H groups in total. The second-order valence-electron chi connectivity index (χ2n) is 8.07. The minimum atomic E-state index is -0.280. The van der Waals surface area contributed by atoms with Crippen LogP contribution >= 0.6 is 0 Å². The van der Waals surface area contributed by atoms with Gasteiger partial charge in [0.25, 0.3) is 0 Å². The van der Waals surface area contributed by atoms with Crippen molar-refractivity contribution in [2.24, 2.45) is 5.92 Å². The fourth-order valence-electron chi connectivity index (χ4n) is 4.31. The molecule has 2 saturated heterocycles. The highest BCUT2D eigenvalue weighted by molar-refractivity contribution is 5.89. The summed E-state index contributed by atoms with van der Waals surface area (Å²) < 4.78 is 5.02. The fraction of sp³-hybridized carbons (Fsp3) is 0.762. The summed E-state index contributed by atoms with van der Waals surface area (Å²) in [6, 6.07) is 0.0646. The van der Waals surface area contributed by atoms with Gasteiger partial charge in [0.1, 0.15) is 0 Å². The van der Waals surface area contributed by atoms with Gasteiger partial charge in [0.2, 0.25) is 11.8 Å². The third-order valence-corrected chi connectivity index (χ3v) is 6.04. The zero-order chi connectivity index (χ0) is 19.9. The van der Waals surface area contributed by atoms with Crippen LogP contribution in [0.1, 0.15) is 58.3 Å². The number of hydrogen-bond donors (Lipinski definition) is 1. The number of nitrogens with one attached hydrogen (secondary N) is 1. The Hall–Kier alpha value is -2.05. The van der Waals surface area contributed by atoms with Crippen molar-refractivity contribution in [2.45, 2.75) is 64.3 Å². The molecule has 0 bridgehead atoms. The van der Waals surface area contributed by atoms with Gasteiger partial charge >= 0.3 is 6.09 Å². The Morgan fingerprint density at radius 3 is 2.71 bits per heavy atom. The van der Waals surface area contributed by atoms with E-state index in [9.17, 15) is 14.4 Å². The maximum Gasteiger partial charge on any atom is 0.409 e. The standard InChI is InChI=1S/C21H33N3O4/c1-2-28-21(27)23-12-9-18(10-13-23)22-20(26)17-14-19(25)24(15-17)11-8-16-6-4-3-5-7-16/h6,17-18H,2-5,7-15H2,1H3,(H,22,26). The Kier molecular flexibility index (Phi) is 7.34. The van der Waals surface area contributed by atoms with E-state index in [0.29, 0.717) is 32.7 Å². The fourth-order valence-corrected chi connectivity index (χ4v) is 4.31. The lowest BCUT2D eigenvalue weighted by Crippen LogP contribution is -2.48. The maximum atomic E-state index is 12.6. The van der Waals surface area contributed by atoms with Crippen molar-refractivity contribution in [3.63, 3.8) is 0 Å². The molecule has 1 atom stereocenters. The molecule has 28 heavy (non-hydrogen) atoms. The van der Waals surface area contributed by atoms with Crippen LogP contribution in [-0.4, -0.2) is 66.5 Å². The van der Waals surface area contributed by atoms with Crippen molar-refractivity contribution < 1.29 is 19.1 Å². The highest BCUT2D eigenvalue weighted by Crippen LogP contribution is 2.24. The number of amides is 3. The van der Waals surface area contributed by atoms with Gasteiger partial charge in [-0.3, -0.25) is 9.59 Å². The lowest BCUT2D eigenvalue weighted by Gasteiger charge is -2.32. The number of carbonyl (C=O) groups is 3. The Morgan fingerprint density at radius 1 is 1.25 bits per heavy atom. The van der Waals surface area contributed by atoms with Gasteiger partial charge in [0, 0.05) is 38.6 Å². The average Bonchev–Trinajstić information content (AvgIpc) is 3.09. The number of hydrogen-bond acceptors (Lipinski definition) is 4. The molecule has 0 spiro atoms. The van der Waals surface area contributed by atoms with Crippen LogP contribution in [0.3, 0.4) is 0 Å². The molecule has 3 aliphatic rings. The van der Waals surface area contributed by atoms with E-state index in [1.54, 1.807) is 11.8 Å². The number of piperidine rings is 1. The smallest absolute Gasteiger partial charge is 0.409 e. The summed E-state index contributed by atoms with van der Waals surface area (Å²) in [5.41, 5.74) is 1.46. The van der Waals surface area contributed by atoms with Crippen LogP contribution in [0, 0.1) is 5.92 Å². The van der Waals surface area contributed by atoms with Gasteiger partial charge in [-0.2, -0.15) is 0 Å². The third kappa shape index (κ3) is 5.49. The zero-order valence-corrected chi connectivity index (χ0v) is 17.0. The Balaban J connectivity index is 1.40. The van der Waals surface area contributed by atoms with Gasteiger partial charge in [0.15, 0.2) is 0 Å². The highest BCUT2D eigenvalue weighted by Gasteiger charge is 2.35. The summed E-state index contributed by atoms with van der Waals surface area (Å²) in [5, 5.41) is 3.09. The highest BCUT2D eigenvalue weighted by atomic mass is 16.6. The average molecular weight is 392 g/mol. The predicted molar refractivity (Wildman–Crippen MR) is 106 cm³/mol. The minimum Gasteiger partial charge on any atom is -0.450 e. The lowest BCUT2D eigenvalue weighted by molar-refractivity contribution is -0.129. The van der Waals surface area contributed by atoms with Gasteiger partial charge in [-0.25, -0.2) is 4.79 Å². The number of rotatable bonds is 6. The minimum absolute atomic E-state index is 0.0256. The quantitative estimate of drug-likeness (QED) is 0.706. The van der Waals surface area contributed by atoms with Gasteiger partial charge in [-0.1, -0.05) is 11.6 Å². The summed E-state index contributed by atoms with van der Waals surface area (Å²) in [7, 11) is 0. The predicted octanol–water partition coefficient (Wildman–Crippen LogP) is 2.46. The molecule has 0 saturated carbocycles. The van der Waals surface area contributed by atoms with Gasteiger partial charge in [0.05, 0.1) is 12.5 Å². The van der Waals surface area contributed by atoms with Crippen molar-refractivity contribution in [2.75, 3.05) is 32.8 Å². The number of allylic oxidation sites excluding steroid dienone is 1. The van der Waals surface area contributed by atoms with Gasteiger partial charge < -0.3 is 19.9 Å². The van der Waals surface area contributed by atoms with E-state index in [1.807, 2.05) is 4.90 Å². The second-order valence-corrected chi connectivity index (χ2v) is 8.07. The molecule has 2 aliphatic heterocycles. The van der Waals surface area contributed by atoms with Crippen LogP contribution in [0.15, 0.2) is 11.6 Å². The molecule has 1 unspecified atom stereocenters. The Morgan fingerprint density at radius 2 is 2.04 bits per heavy atom. The molecule has 0 aromatic carbocycles. The van der Waals surface area contributed by atoms with Crippen molar-refractivity contribution in [1.29, 1.82) is 0 Å². The van der Waals surface area contributed by atoms with E-state index in [0.717, 1.165) is 38.6 Å². The number of nitrogens with zero attached hydrogens (tertiary/aromatic N) is 2. The van der Waals surface area contributed by atoms with E-state index in [1.165, 1.54) is 18.4 Å². The van der Waals surface area contributed by atoms with Gasteiger partial charge in [-0.15, -0.1) is 0 Å². The molecule has 1 aliphatic carbocycles. The summed E-state index contributed by atoms with van der Waals surface area (Å²) in [6.45, 7) is 4.61. The van der Waals surface area contributed by atoms with Crippen LogP contribution in [0.2, 0.25) is 0 Å². The van der Waals surface area contributed by atoms with E-state index < -0.39 is 0 Å². The lowest BCUT2D eigenvalue weighted by atomic mass is 9.97. The Bertz CT molecular complexity index is 611. The number of likely N-dealkylation sites (tertiary alicyclic amines) is 2. The first-order valence-corrected chi connectivity index (χ1v) is 10.7. The summed E-state index contributed by atoms with van der Waals surface area (Å²) in [5.74, 6) is -0.188. The largest absolute Gasteiger partial charge is 0.450 e. The van der Waals surface area contributed by atoms with Crippen molar-refractivity contribution in [3.8, 4) is 0 Å². The zero-order valence-electron chi connectivity index (χ0n) is 17.0. The molecule has 156 valence electrons. The van der Waals surface area contributed by atoms with Crippen molar-refractivity contribution in [1.82, 2.24) is 15.1 Å². The molecule has 0 aromatic rings. The molecule has 3 rings (SSSR count). The van der Waals surface area contributed by atoms with E-state index in [4.69, 9.17) is 4.74 Å². The van der Waals surface area contributed by atoms with E-state index in [2.05, 4.69) is 11.4 Å². The first-order valence-electron chi connectivity index (χ1n) is 10.7. The molecule has 2 heterocycles. The van der Waals surface area contributed by atoms with Crippen LogP contribution in [-0.2, 0) is 14.3 Å². The number of carbonyl (C=O) groups excluding carboxylic acids is 3. The molecular formula is C21H33N3O4. The number of ether oxygens (including phenoxy) is 1. The van der Waals surface area contributed by atoms with Crippen LogP contribution in [0.4, 0.5) is 4.79 Å². The molecule has 7 heteroatoms. The first kappa shape index (κ1) is 20.7. The summed E-state index contributed by atoms with van der Waals surface area (Å²) >= 11 is 0. The van der Waals surface area contributed by atoms with Crippen LogP contribution < -0.4 is 5.32 Å². The van der Waals surface area contributed by atoms with E-state index >= 15 is 0 Å². The first-order chi connectivity index (χ1) is 13.6. The molecule has 3 amide bonds. The Labute approximate surface area is 167 Å². The molecule has 2 fully saturated rings. The molecule has 7 nitrogen and oxygen atoms in total. The maximum absolute atomic E-state index is 12.6. The topological polar surface area (TPSA) is 79.0 Å². The van der Waals surface area contributed by atoms with Crippen molar-refractivity contribution in [3.05, 3.63) is 11.6 Å². The third-order valence-electron chi connectivity index (χ3n) is 6.04. The summed E-state index contributed by atoms with van der Waals surface area (Å²) in [4.78, 5) is 40.2. The molecular weight excluding hydrogens is 358 g/mol. The SMILES string of the molecule is CCOC(=O)N1CCC(NC(=O)C2CC(=O)N(CCC3=CCCCC3)C2)CC1. The monoisotopic (exact) mass is 391 g/mol. The van der Waals surface area contributed by atoms with Crippen LogP contribution in [0.5, 0.6) is 0 Å². The second kappa shape index (κ2) is 9.94. The molecule has 0 radical (unpaired) electrons.